The predicted octanol–water partition coefficient (Wildman–Crippen LogP) is 3.71. The predicted molar refractivity (Wildman–Crippen MR) is 92.0 cm³/mol. The highest BCUT2D eigenvalue weighted by atomic mass is 32.2. The summed E-state index contributed by atoms with van der Waals surface area (Å²) in [6.07, 6.45) is 6.33. The van der Waals surface area contributed by atoms with Crippen LogP contribution in [-0.2, 0) is 15.6 Å². The second kappa shape index (κ2) is 7.00. The van der Waals surface area contributed by atoms with Crippen LogP contribution in [0.25, 0.3) is 0 Å². The first kappa shape index (κ1) is 17.7. The maximum atomic E-state index is 13.9. The van der Waals surface area contributed by atoms with Gasteiger partial charge in [-0.25, -0.2) is 17.5 Å². The maximum Gasteiger partial charge on any atom is 0.212 e. The van der Waals surface area contributed by atoms with E-state index in [0.29, 0.717) is 18.9 Å². The Labute approximate surface area is 143 Å². The minimum Gasteiger partial charge on any atom is -0.490 e. The average molecular weight is 355 g/mol. The molecule has 4 nitrogen and oxygen atoms in total. The van der Waals surface area contributed by atoms with Crippen LogP contribution in [0.1, 0.15) is 57.4 Å². The van der Waals surface area contributed by atoms with E-state index in [1.807, 2.05) is 6.92 Å². The van der Waals surface area contributed by atoms with Gasteiger partial charge < -0.3 is 4.74 Å². The Bertz CT molecular complexity index is 682. The van der Waals surface area contributed by atoms with E-state index in [1.165, 1.54) is 6.07 Å². The Morgan fingerprint density at radius 1 is 1.29 bits per heavy atom. The molecule has 0 spiro atoms. The molecule has 0 amide bonds. The van der Waals surface area contributed by atoms with Gasteiger partial charge in [-0.3, -0.25) is 0 Å². The average Bonchev–Trinajstić information content (AvgIpc) is 3.42. The number of ether oxygens (including phenoxy) is 1. The van der Waals surface area contributed by atoms with Gasteiger partial charge in [-0.15, -0.1) is 0 Å². The molecule has 1 aromatic rings. The molecule has 2 aliphatic rings. The van der Waals surface area contributed by atoms with E-state index in [1.54, 1.807) is 12.1 Å². The molecule has 0 radical (unpaired) electrons. The molecule has 0 saturated heterocycles. The lowest BCUT2D eigenvalue weighted by molar-refractivity contribution is 0.284. The third kappa shape index (κ3) is 4.48. The Kier molecular flexibility index (Phi) is 5.16. The van der Waals surface area contributed by atoms with Gasteiger partial charge in [0.05, 0.1) is 17.9 Å². The summed E-state index contributed by atoms with van der Waals surface area (Å²) in [7, 11) is -3.32. The molecular formula is C18H26FNO3S. The lowest BCUT2D eigenvalue weighted by atomic mass is 10.1. The van der Waals surface area contributed by atoms with Gasteiger partial charge in [-0.1, -0.05) is 25.8 Å². The first-order chi connectivity index (χ1) is 11.4. The summed E-state index contributed by atoms with van der Waals surface area (Å²) < 4.78 is 46.9. The van der Waals surface area contributed by atoms with Crippen molar-refractivity contribution in [2.45, 2.75) is 57.4 Å². The number of sulfonamides is 1. The highest BCUT2D eigenvalue weighted by Crippen LogP contribution is 2.47. The minimum absolute atomic E-state index is 0.148. The lowest BCUT2D eigenvalue weighted by Crippen LogP contribution is -2.36. The molecule has 0 aromatic heterocycles. The molecule has 0 unspecified atom stereocenters. The van der Waals surface area contributed by atoms with Gasteiger partial charge in [0.2, 0.25) is 10.0 Å². The molecule has 0 bridgehead atoms. The minimum atomic E-state index is -3.32. The summed E-state index contributed by atoms with van der Waals surface area (Å²) in [5, 5.41) is 0. The molecule has 24 heavy (non-hydrogen) atoms. The van der Waals surface area contributed by atoms with Crippen LogP contribution in [0.15, 0.2) is 18.2 Å². The standard InChI is InChI=1S/C18H26FNO3S/c1-2-3-4-11-24(21,22)20-18(9-10-18)15-7-8-16(19)17(12-15)23-13-14-5-6-14/h7-8,12,14,20H,2-6,9-11,13H2,1H3. The number of halogens is 1. The van der Waals surface area contributed by atoms with Crippen LogP contribution in [0.4, 0.5) is 4.39 Å². The van der Waals surface area contributed by atoms with E-state index in [-0.39, 0.29) is 17.3 Å². The Morgan fingerprint density at radius 2 is 2.04 bits per heavy atom. The Balaban J connectivity index is 1.69. The van der Waals surface area contributed by atoms with Crippen LogP contribution in [0.3, 0.4) is 0 Å². The number of rotatable bonds is 10. The maximum absolute atomic E-state index is 13.9. The fourth-order valence-corrected chi connectivity index (χ4v) is 4.47. The summed E-state index contributed by atoms with van der Waals surface area (Å²) in [4.78, 5) is 0. The molecule has 3 rings (SSSR count). The second-order valence-corrected chi connectivity index (χ2v) is 8.95. The van der Waals surface area contributed by atoms with Gasteiger partial charge in [0.25, 0.3) is 0 Å². The van der Waals surface area contributed by atoms with Crippen molar-refractivity contribution in [1.82, 2.24) is 4.72 Å². The molecule has 0 aliphatic heterocycles. The zero-order valence-electron chi connectivity index (χ0n) is 14.2. The van der Waals surface area contributed by atoms with Crippen LogP contribution in [-0.4, -0.2) is 20.8 Å². The van der Waals surface area contributed by atoms with Gasteiger partial charge >= 0.3 is 0 Å². The zero-order chi connectivity index (χ0) is 17.2. The Hall–Kier alpha value is -1.14. The van der Waals surface area contributed by atoms with Crippen molar-refractivity contribution >= 4 is 10.0 Å². The topological polar surface area (TPSA) is 55.4 Å². The van der Waals surface area contributed by atoms with E-state index in [9.17, 15) is 12.8 Å². The number of benzene rings is 1. The Morgan fingerprint density at radius 3 is 2.67 bits per heavy atom. The normalized spacial score (nSPS) is 19.2. The van der Waals surface area contributed by atoms with Gasteiger partial charge in [-0.05, 0) is 55.7 Å². The summed E-state index contributed by atoms with van der Waals surface area (Å²) in [5.41, 5.74) is 0.227. The first-order valence-electron chi connectivity index (χ1n) is 8.88. The third-order valence-electron chi connectivity index (χ3n) is 4.77. The zero-order valence-corrected chi connectivity index (χ0v) is 15.0. The molecule has 2 fully saturated rings. The van der Waals surface area contributed by atoms with Crippen LogP contribution in [0.2, 0.25) is 0 Å². The lowest BCUT2D eigenvalue weighted by Gasteiger charge is -2.19. The van der Waals surface area contributed by atoms with Crippen molar-refractivity contribution < 1.29 is 17.5 Å². The van der Waals surface area contributed by atoms with E-state index in [2.05, 4.69) is 4.72 Å². The summed E-state index contributed by atoms with van der Waals surface area (Å²) in [5.74, 6) is 0.534. The smallest absolute Gasteiger partial charge is 0.212 e. The van der Waals surface area contributed by atoms with Gasteiger partial charge in [0.1, 0.15) is 0 Å². The quantitative estimate of drug-likeness (QED) is 0.651. The highest BCUT2D eigenvalue weighted by molar-refractivity contribution is 7.89. The molecule has 1 aromatic carbocycles. The summed E-state index contributed by atoms with van der Waals surface area (Å²) in [6.45, 7) is 2.58. The number of nitrogens with one attached hydrogen (secondary N) is 1. The fraction of sp³-hybridized carbons (Fsp3) is 0.667. The molecule has 134 valence electrons. The molecule has 0 heterocycles. The van der Waals surface area contributed by atoms with Crippen molar-refractivity contribution in [1.29, 1.82) is 0 Å². The SMILES string of the molecule is CCCCCS(=O)(=O)NC1(c2ccc(F)c(OCC3CC3)c2)CC1. The van der Waals surface area contributed by atoms with Crippen molar-refractivity contribution in [3.05, 3.63) is 29.6 Å². The number of hydrogen-bond donors (Lipinski definition) is 1. The van der Waals surface area contributed by atoms with E-state index in [0.717, 1.165) is 44.1 Å². The number of unbranched alkanes of at least 4 members (excludes halogenated alkanes) is 2. The fourth-order valence-electron chi connectivity index (χ4n) is 2.87. The van der Waals surface area contributed by atoms with Gasteiger partial charge in [0, 0.05) is 0 Å². The van der Waals surface area contributed by atoms with Gasteiger partial charge in [-0.2, -0.15) is 0 Å². The first-order valence-corrected chi connectivity index (χ1v) is 10.5. The molecule has 6 heteroatoms. The molecule has 1 N–H and O–H groups in total. The van der Waals surface area contributed by atoms with Gasteiger partial charge in [0.15, 0.2) is 11.6 Å². The van der Waals surface area contributed by atoms with E-state index < -0.39 is 15.6 Å². The molecule has 2 saturated carbocycles. The summed E-state index contributed by atoms with van der Waals surface area (Å²) >= 11 is 0. The molecule has 2 aliphatic carbocycles. The largest absolute Gasteiger partial charge is 0.490 e. The third-order valence-corrected chi connectivity index (χ3v) is 6.30. The van der Waals surface area contributed by atoms with E-state index >= 15 is 0 Å². The van der Waals surface area contributed by atoms with E-state index in [4.69, 9.17) is 4.74 Å². The van der Waals surface area contributed by atoms with Crippen LogP contribution in [0.5, 0.6) is 5.75 Å². The van der Waals surface area contributed by atoms with Crippen molar-refractivity contribution in [2.24, 2.45) is 5.92 Å². The monoisotopic (exact) mass is 355 g/mol. The highest BCUT2D eigenvalue weighted by Gasteiger charge is 2.47. The second-order valence-electron chi connectivity index (χ2n) is 7.11. The van der Waals surface area contributed by atoms with Crippen LogP contribution in [0, 0.1) is 11.7 Å². The van der Waals surface area contributed by atoms with Crippen molar-refractivity contribution in [3.8, 4) is 5.75 Å². The van der Waals surface area contributed by atoms with Crippen molar-refractivity contribution in [2.75, 3.05) is 12.4 Å². The molecular weight excluding hydrogens is 329 g/mol. The molecule has 0 atom stereocenters. The van der Waals surface area contributed by atoms with Crippen LogP contribution >= 0.6 is 0 Å². The summed E-state index contributed by atoms with van der Waals surface area (Å²) in [6, 6.07) is 4.71. The van der Waals surface area contributed by atoms with Crippen molar-refractivity contribution in [3.63, 3.8) is 0 Å². The van der Waals surface area contributed by atoms with Crippen LogP contribution < -0.4 is 9.46 Å². The number of hydrogen-bond acceptors (Lipinski definition) is 3.